The van der Waals surface area contributed by atoms with Crippen molar-refractivity contribution in [1.82, 2.24) is 10.2 Å². The van der Waals surface area contributed by atoms with Gasteiger partial charge in [0, 0.05) is 18.8 Å². The maximum atomic E-state index is 12.2. The average Bonchev–Trinajstić information content (AvgIpc) is 2.35. The molecule has 1 saturated heterocycles. The van der Waals surface area contributed by atoms with Gasteiger partial charge in [0.25, 0.3) is 0 Å². The molecule has 0 aromatic rings. The first-order valence-corrected chi connectivity index (χ1v) is 9.17. The topological polar surface area (TPSA) is 104 Å². The fourth-order valence-electron chi connectivity index (χ4n) is 2.68. The molecule has 122 valence electrons. The summed E-state index contributed by atoms with van der Waals surface area (Å²) in [6.07, 6.45) is 3.21. The Morgan fingerprint density at radius 2 is 2.05 bits per heavy atom. The standard InChI is InChI=1S/C13H24N2O5S/c1-4-10-5-6-15(11(7-10)12(16)17)13(18)14-9(2)8-21(3,19)20/h9-11H,4-8H2,1-3H3,(H,14,18)(H,16,17). The zero-order valence-electron chi connectivity index (χ0n) is 12.7. The molecule has 0 bridgehead atoms. The lowest BCUT2D eigenvalue weighted by Gasteiger charge is -2.37. The average molecular weight is 320 g/mol. The van der Waals surface area contributed by atoms with Crippen molar-refractivity contribution in [2.45, 2.75) is 45.2 Å². The van der Waals surface area contributed by atoms with Crippen LogP contribution in [0.25, 0.3) is 0 Å². The highest BCUT2D eigenvalue weighted by molar-refractivity contribution is 7.90. The van der Waals surface area contributed by atoms with E-state index >= 15 is 0 Å². The van der Waals surface area contributed by atoms with Crippen LogP contribution < -0.4 is 5.32 Å². The van der Waals surface area contributed by atoms with Gasteiger partial charge in [-0.2, -0.15) is 0 Å². The number of nitrogens with one attached hydrogen (secondary N) is 1. The Balaban J connectivity index is 2.69. The quantitative estimate of drug-likeness (QED) is 0.776. The third kappa shape index (κ3) is 5.53. The summed E-state index contributed by atoms with van der Waals surface area (Å²) in [6, 6.07) is -1.90. The van der Waals surface area contributed by atoms with Crippen LogP contribution >= 0.6 is 0 Å². The first-order chi connectivity index (χ1) is 9.64. The van der Waals surface area contributed by atoms with Crippen LogP contribution in [0.4, 0.5) is 4.79 Å². The van der Waals surface area contributed by atoms with E-state index in [-0.39, 0.29) is 5.75 Å². The number of sulfone groups is 1. The smallest absolute Gasteiger partial charge is 0.326 e. The molecule has 0 saturated carbocycles. The minimum atomic E-state index is -3.19. The predicted molar refractivity (Wildman–Crippen MR) is 78.8 cm³/mol. The SMILES string of the molecule is CCC1CCN(C(=O)NC(C)CS(C)(=O)=O)C(C(=O)O)C1. The van der Waals surface area contributed by atoms with E-state index in [2.05, 4.69) is 5.32 Å². The molecule has 1 rings (SSSR count). The lowest BCUT2D eigenvalue weighted by molar-refractivity contribution is -0.144. The van der Waals surface area contributed by atoms with Crippen molar-refractivity contribution < 1.29 is 23.1 Å². The van der Waals surface area contributed by atoms with E-state index < -0.39 is 33.9 Å². The van der Waals surface area contributed by atoms with Gasteiger partial charge in [0.15, 0.2) is 0 Å². The summed E-state index contributed by atoms with van der Waals surface area (Å²) in [5.41, 5.74) is 0. The number of nitrogens with zero attached hydrogens (tertiary/aromatic N) is 1. The third-order valence-corrected chi connectivity index (χ3v) is 4.86. The summed E-state index contributed by atoms with van der Waals surface area (Å²) in [7, 11) is -3.19. The summed E-state index contributed by atoms with van der Waals surface area (Å²) >= 11 is 0. The zero-order chi connectivity index (χ0) is 16.2. The summed E-state index contributed by atoms with van der Waals surface area (Å²) < 4.78 is 22.4. The van der Waals surface area contributed by atoms with E-state index in [1.807, 2.05) is 6.92 Å². The second-order valence-electron chi connectivity index (χ2n) is 5.79. The highest BCUT2D eigenvalue weighted by Gasteiger charge is 2.36. The Hall–Kier alpha value is -1.31. The number of urea groups is 1. The Morgan fingerprint density at radius 1 is 1.43 bits per heavy atom. The highest BCUT2D eigenvalue weighted by atomic mass is 32.2. The molecule has 1 fully saturated rings. The van der Waals surface area contributed by atoms with Gasteiger partial charge >= 0.3 is 12.0 Å². The van der Waals surface area contributed by atoms with Crippen molar-refractivity contribution in [3.05, 3.63) is 0 Å². The number of carboxylic acids is 1. The molecule has 0 spiro atoms. The molecule has 2 amide bonds. The zero-order valence-corrected chi connectivity index (χ0v) is 13.5. The number of rotatable bonds is 5. The number of hydrogen-bond donors (Lipinski definition) is 2. The predicted octanol–water partition coefficient (Wildman–Crippen LogP) is 0.704. The monoisotopic (exact) mass is 320 g/mol. The van der Waals surface area contributed by atoms with E-state index in [1.54, 1.807) is 6.92 Å². The Labute approximate surface area is 125 Å². The second kappa shape index (κ2) is 7.11. The number of carbonyl (C=O) groups excluding carboxylic acids is 1. The number of piperidine rings is 1. The molecule has 0 aromatic carbocycles. The van der Waals surface area contributed by atoms with Crippen LogP contribution in [0.2, 0.25) is 0 Å². The van der Waals surface area contributed by atoms with Crippen LogP contribution in [-0.4, -0.2) is 61.1 Å². The fourth-order valence-corrected chi connectivity index (χ4v) is 3.67. The van der Waals surface area contributed by atoms with Crippen LogP contribution in [0.3, 0.4) is 0 Å². The molecular weight excluding hydrogens is 296 g/mol. The van der Waals surface area contributed by atoms with Crippen LogP contribution in [-0.2, 0) is 14.6 Å². The number of likely N-dealkylation sites (tertiary alicyclic amines) is 1. The molecule has 8 heteroatoms. The first-order valence-electron chi connectivity index (χ1n) is 7.11. The van der Waals surface area contributed by atoms with Gasteiger partial charge in [-0.1, -0.05) is 13.3 Å². The molecule has 1 aliphatic heterocycles. The van der Waals surface area contributed by atoms with Crippen molar-refractivity contribution in [3.63, 3.8) is 0 Å². The van der Waals surface area contributed by atoms with Gasteiger partial charge < -0.3 is 15.3 Å². The minimum absolute atomic E-state index is 0.165. The number of amides is 2. The normalized spacial score (nSPS) is 24.4. The number of carbonyl (C=O) groups is 2. The van der Waals surface area contributed by atoms with E-state index in [0.29, 0.717) is 18.9 Å². The maximum Gasteiger partial charge on any atom is 0.326 e. The van der Waals surface area contributed by atoms with E-state index in [4.69, 9.17) is 0 Å². The van der Waals surface area contributed by atoms with Gasteiger partial charge in [-0.25, -0.2) is 18.0 Å². The maximum absolute atomic E-state index is 12.2. The van der Waals surface area contributed by atoms with Gasteiger partial charge in [-0.3, -0.25) is 0 Å². The third-order valence-electron chi connectivity index (χ3n) is 3.76. The van der Waals surface area contributed by atoms with Gasteiger partial charge in [-0.15, -0.1) is 0 Å². The van der Waals surface area contributed by atoms with Crippen molar-refractivity contribution >= 4 is 21.8 Å². The molecule has 2 N–H and O–H groups in total. The molecule has 3 unspecified atom stereocenters. The number of aliphatic carboxylic acids is 1. The second-order valence-corrected chi connectivity index (χ2v) is 7.97. The van der Waals surface area contributed by atoms with Gasteiger partial charge in [0.1, 0.15) is 15.9 Å². The summed E-state index contributed by atoms with van der Waals surface area (Å²) in [6.45, 7) is 3.98. The van der Waals surface area contributed by atoms with E-state index in [1.165, 1.54) is 4.90 Å². The van der Waals surface area contributed by atoms with Crippen molar-refractivity contribution in [2.75, 3.05) is 18.6 Å². The molecule has 0 radical (unpaired) electrons. The van der Waals surface area contributed by atoms with Gasteiger partial charge in [0.2, 0.25) is 0 Å². The Morgan fingerprint density at radius 3 is 2.52 bits per heavy atom. The molecule has 21 heavy (non-hydrogen) atoms. The Bertz CT molecular complexity index is 491. The van der Waals surface area contributed by atoms with Crippen LogP contribution in [0, 0.1) is 5.92 Å². The van der Waals surface area contributed by atoms with Crippen LogP contribution in [0.15, 0.2) is 0 Å². The summed E-state index contributed by atoms with van der Waals surface area (Å²) in [5.74, 6) is -0.871. The van der Waals surface area contributed by atoms with E-state index in [9.17, 15) is 23.1 Å². The van der Waals surface area contributed by atoms with Gasteiger partial charge in [0.05, 0.1) is 5.75 Å². The largest absolute Gasteiger partial charge is 0.480 e. The fraction of sp³-hybridized carbons (Fsp3) is 0.846. The summed E-state index contributed by atoms with van der Waals surface area (Å²) in [4.78, 5) is 24.8. The van der Waals surface area contributed by atoms with E-state index in [0.717, 1.165) is 19.1 Å². The lowest BCUT2D eigenvalue weighted by atomic mass is 9.89. The van der Waals surface area contributed by atoms with Crippen LogP contribution in [0.5, 0.6) is 0 Å². The van der Waals surface area contributed by atoms with Crippen LogP contribution in [0.1, 0.15) is 33.1 Å². The van der Waals surface area contributed by atoms with Gasteiger partial charge in [-0.05, 0) is 25.7 Å². The first kappa shape index (κ1) is 17.7. The molecule has 0 aliphatic carbocycles. The Kier molecular flexibility index (Phi) is 6.00. The molecule has 0 aromatic heterocycles. The molecule has 1 aliphatic rings. The van der Waals surface area contributed by atoms with Crippen molar-refractivity contribution in [1.29, 1.82) is 0 Å². The molecule has 1 heterocycles. The lowest BCUT2D eigenvalue weighted by Crippen LogP contribution is -2.55. The summed E-state index contributed by atoms with van der Waals surface area (Å²) in [5, 5.41) is 11.8. The minimum Gasteiger partial charge on any atom is -0.480 e. The number of hydrogen-bond acceptors (Lipinski definition) is 4. The highest BCUT2D eigenvalue weighted by Crippen LogP contribution is 2.25. The molecular formula is C13H24N2O5S. The van der Waals surface area contributed by atoms with Crippen molar-refractivity contribution in [2.24, 2.45) is 5.92 Å². The van der Waals surface area contributed by atoms with Crippen molar-refractivity contribution in [3.8, 4) is 0 Å². The molecule has 3 atom stereocenters. The molecule has 7 nitrogen and oxygen atoms in total. The number of carboxylic acid groups (broad SMARTS) is 1.